The van der Waals surface area contributed by atoms with Crippen molar-refractivity contribution in [3.63, 3.8) is 0 Å². The molecule has 0 aliphatic heterocycles. The highest BCUT2D eigenvalue weighted by Crippen LogP contribution is 2.34. The Bertz CT molecular complexity index is 998. The molecular weight excluding hydrogens is 315 g/mol. The van der Waals surface area contributed by atoms with Gasteiger partial charge in [-0.05, 0) is 36.4 Å². The van der Waals surface area contributed by atoms with Gasteiger partial charge in [0.2, 0.25) is 0 Å². The van der Waals surface area contributed by atoms with Crippen LogP contribution in [0.3, 0.4) is 0 Å². The van der Waals surface area contributed by atoms with Gasteiger partial charge in [0, 0.05) is 29.7 Å². The van der Waals surface area contributed by atoms with Gasteiger partial charge < -0.3 is 0 Å². The fourth-order valence-corrected chi connectivity index (χ4v) is 2.72. The third kappa shape index (κ3) is 2.35. The summed E-state index contributed by atoms with van der Waals surface area (Å²) in [7, 11) is 0. The predicted molar refractivity (Wildman–Crippen MR) is 87.5 cm³/mol. The Morgan fingerprint density at radius 3 is 2.70 bits per heavy atom. The highest BCUT2D eigenvalue weighted by Gasteiger charge is 2.15. The molecule has 0 spiro atoms. The summed E-state index contributed by atoms with van der Waals surface area (Å²) in [6.07, 6.45) is 5.13. The molecule has 3 aromatic heterocycles. The van der Waals surface area contributed by atoms with Crippen LogP contribution in [-0.2, 0) is 0 Å². The summed E-state index contributed by atoms with van der Waals surface area (Å²) in [6.45, 7) is 0. The minimum atomic E-state index is -0.456. The van der Waals surface area contributed by atoms with E-state index in [1.54, 1.807) is 30.7 Å². The number of rotatable bonds is 2. The van der Waals surface area contributed by atoms with Gasteiger partial charge in [-0.15, -0.1) is 0 Å². The van der Waals surface area contributed by atoms with E-state index >= 15 is 0 Å². The Morgan fingerprint density at radius 1 is 1.00 bits per heavy atom. The SMILES string of the molecule is Fc1ccc(-c2nccc3[nH]nc(-c4cccnc4)c23)cc1Cl. The molecule has 4 aromatic rings. The topological polar surface area (TPSA) is 54.5 Å². The number of halogens is 2. The lowest BCUT2D eigenvalue weighted by Crippen LogP contribution is -1.88. The minimum absolute atomic E-state index is 0.0627. The van der Waals surface area contributed by atoms with Crippen molar-refractivity contribution < 1.29 is 4.39 Å². The number of fused-ring (bicyclic) bond motifs is 1. The molecule has 0 aliphatic rings. The van der Waals surface area contributed by atoms with Crippen molar-refractivity contribution in [2.75, 3.05) is 0 Å². The van der Waals surface area contributed by atoms with Crippen molar-refractivity contribution >= 4 is 22.5 Å². The lowest BCUT2D eigenvalue weighted by atomic mass is 10.0. The van der Waals surface area contributed by atoms with Crippen molar-refractivity contribution in [2.24, 2.45) is 0 Å². The highest BCUT2D eigenvalue weighted by molar-refractivity contribution is 6.31. The molecule has 0 amide bonds. The van der Waals surface area contributed by atoms with E-state index in [2.05, 4.69) is 20.2 Å². The van der Waals surface area contributed by atoms with Crippen LogP contribution in [0.25, 0.3) is 33.4 Å². The van der Waals surface area contributed by atoms with Gasteiger partial charge in [0.15, 0.2) is 0 Å². The maximum Gasteiger partial charge on any atom is 0.141 e. The van der Waals surface area contributed by atoms with E-state index in [9.17, 15) is 4.39 Å². The molecule has 0 atom stereocenters. The first-order valence-corrected chi connectivity index (χ1v) is 7.31. The quantitative estimate of drug-likeness (QED) is 0.591. The van der Waals surface area contributed by atoms with Crippen molar-refractivity contribution in [3.8, 4) is 22.5 Å². The summed E-state index contributed by atoms with van der Waals surface area (Å²) in [5.41, 5.74) is 3.89. The zero-order chi connectivity index (χ0) is 15.8. The molecule has 0 bridgehead atoms. The summed E-state index contributed by atoms with van der Waals surface area (Å²) < 4.78 is 13.4. The summed E-state index contributed by atoms with van der Waals surface area (Å²) in [5, 5.41) is 8.29. The number of benzene rings is 1. The van der Waals surface area contributed by atoms with Crippen molar-refractivity contribution in [3.05, 3.63) is 65.8 Å². The Hall–Kier alpha value is -2.79. The van der Waals surface area contributed by atoms with Crippen LogP contribution in [-0.4, -0.2) is 20.2 Å². The van der Waals surface area contributed by atoms with Gasteiger partial charge in [-0.3, -0.25) is 15.1 Å². The first kappa shape index (κ1) is 13.8. The normalized spacial score (nSPS) is 11.0. The molecule has 0 aliphatic carbocycles. The molecule has 0 saturated heterocycles. The van der Waals surface area contributed by atoms with Crippen LogP contribution >= 0.6 is 11.6 Å². The maximum atomic E-state index is 13.4. The number of pyridine rings is 2. The molecule has 23 heavy (non-hydrogen) atoms. The van der Waals surface area contributed by atoms with Crippen LogP contribution in [0.5, 0.6) is 0 Å². The van der Waals surface area contributed by atoms with Gasteiger partial charge >= 0.3 is 0 Å². The van der Waals surface area contributed by atoms with Gasteiger partial charge in [0.25, 0.3) is 0 Å². The molecule has 4 nitrogen and oxygen atoms in total. The second kappa shape index (κ2) is 5.44. The second-order valence-corrected chi connectivity index (χ2v) is 5.43. The lowest BCUT2D eigenvalue weighted by Gasteiger charge is -2.05. The van der Waals surface area contributed by atoms with E-state index < -0.39 is 5.82 Å². The Morgan fingerprint density at radius 2 is 1.91 bits per heavy atom. The van der Waals surface area contributed by atoms with E-state index in [4.69, 9.17) is 11.6 Å². The molecule has 4 rings (SSSR count). The number of H-pyrrole nitrogens is 1. The largest absolute Gasteiger partial charge is 0.277 e. The maximum absolute atomic E-state index is 13.4. The molecular formula is C17H10ClFN4. The number of hydrogen-bond acceptors (Lipinski definition) is 3. The molecule has 3 heterocycles. The van der Waals surface area contributed by atoms with Crippen molar-refractivity contribution in [1.82, 2.24) is 20.2 Å². The molecule has 1 aromatic carbocycles. The van der Waals surface area contributed by atoms with Crippen molar-refractivity contribution in [1.29, 1.82) is 0 Å². The third-order valence-corrected chi connectivity index (χ3v) is 3.89. The standard InChI is InChI=1S/C17H10ClFN4/c18-12-8-10(3-4-13(12)19)16-15-14(5-7-21-16)22-23-17(15)11-2-1-6-20-9-11/h1-9H,(H,22,23). The predicted octanol–water partition coefficient (Wildman–Crippen LogP) is 4.48. The molecule has 0 radical (unpaired) electrons. The van der Waals surface area contributed by atoms with Crippen LogP contribution < -0.4 is 0 Å². The van der Waals surface area contributed by atoms with Gasteiger partial charge in [-0.25, -0.2) is 4.39 Å². The third-order valence-electron chi connectivity index (χ3n) is 3.60. The summed E-state index contributed by atoms with van der Waals surface area (Å²) >= 11 is 5.91. The minimum Gasteiger partial charge on any atom is -0.277 e. The Labute approximate surface area is 136 Å². The van der Waals surface area contributed by atoms with Crippen LogP contribution in [0.1, 0.15) is 0 Å². The number of aromatic amines is 1. The molecule has 0 fully saturated rings. The van der Waals surface area contributed by atoms with Crippen LogP contribution in [0.4, 0.5) is 4.39 Å². The number of hydrogen-bond donors (Lipinski definition) is 1. The van der Waals surface area contributed by atoms with E-state index in [-0.39, 0.29) is 5.02 Å². The average molecular weight is 325 g/mol. The Kier molecular flexibility index (Phi) is 3.28. The fraction of sp³-hybridized carbons (Fsp3) is 0. The van der Waals surface area contributed by atoms with Crippen molar-refractivity contribution in [2.45, 2.75) is 0 Å². The first-order chi connectivity index (χ1) is 11.2. The smallest absolute Gasteiger partial charge is 0.141 e. The van der Waals surface area contributed by atoms with E-state index in [1.807, 2.05) is 18.2 Å². The summed E-state index contributed by atoms with van der Waals surface area (Å²) in [4.78, 5) is 8.58. The highest BCUT2D eigenvalue weighted by atomic mass is 35.5. The number of nitrogens with one attached hydrogen (secondary N) is 1. The zero-order valence-corrected chi connectivity index (χ0v) is 12.5. The van der Waals surface area contributed by atoms with E-state index in [0.29, 0.717) is 5.69 Å². The molecule has 112 valence electrons. The second-order valence-electron chi connectivity index (χ2n) is 5.02. The van der Waals surface area contributed by atoms with Gasteiger partial charge in [-0.1, -0.05) is 11.6 Å². The molecule has 0 unspecified atom stereocenters. The van der Waals surface area contributed by atoms with Crippen LogP contribution in [0.2, 0.25) is 5.02 Å². The van der Waals surface area contributed by atoms with Gasteiger partial charge in [-0.2, -0.15) is 5.10 Å². The van der Waals surface area contributed by atoms with Gasteiger partial charge in [0.05, 0.1) is 21.6 Å². The van der Waals surface area contributed by atoms with Gasteiger partial charge in [0.1, 0.15) is 11.5 Å². The first-order valence-electron chi connectivity index (χ1n) is 6.93. The van der Waals surface area contributed by atoms with E-state index in [0.717, 1.165) is 27.7 Å². The van der Waals surface area contributed by atoms with E-state index in [1.165, 1.54) is 6.07 Å². The summed E-state index contributed by atoms with van der Waals surface area (Å²) in [6, 6.07) is 10.2. The Balaban J connectivity index is 2.00. The molecule has 6 heteroatoms. The number of aromatic nitrogens is 4. The number of nitrogens with zero attached hydrogens (tertiary/aromatic N) is 3. The monoisotopic (exact) mass is 324 g/mol. The fourth-order valence-electron chi connectivity index (χ4n) is 2.54. The molecule has 1 N–H and O–H groups in total. The van der Waals surface area contributed by atoms with Crippen LogP contribution in [0.15, 0.2) is 55.0 Å². The van der Waals surface area contributed by atoms with Crippen LogP contribution in [0, 0.1) is 5.82 Å². The average Bonchev–Trinajstić information content (AvgIpc) is 3.02. The molecule has 0 saturated carbocycles. The lowest BCUT2D eigenvalue weighted by molar-refractivity contribution is 0.628. The zero-order valence-electron chi connectivity index (χ0n) is 11.8. The summed E-state index contributed by atoms with van der Waals surface area (Å²) in [5.74, 6) is -0.456.